The summed E-state index contributed by atoms with van der Waals surface area (Å²) in [7, 11) is -1.52. The van der Waals surface area contributed by atoms with Gasteiger partial charge in [0, 0.05) is 31.3 Å². The Morgan fingerprint density at radius 2 is 2.00 bits per heavy atom. The lowest BCUT2D eigenvalue weighted by Gasteiger charge is -2.13. The van der Waals surface area contributed by atoms with E-state index in [0.29, 0.717) is 17.9 Å². The number of hydrogen-bond acceptors (Lipinski definition) is 7. The van der Waals surface area contributed by atoms with Crippen LogP contribution in [0.5, 0.6) is 0 Å². The highest BCUT2D eigenvalue weighted by molar-refractivity contribution is 7.90. The second-order valence-electron chi connectivity index (χ2n) is 4.97. The number of sulfone groups is 1. The molecule has 0 radical (unpaired) electrons. The van der Waals surface area contributed by atoms with Crippen LogP contribution in [-0.4, -0.2) is 37.7 Å². The van der Waals surface area contributed by atoms with Crippen molar-refractivity contribution < 1.29 is 13.2 Å². The average Bonchev–Trinajstić information content (AvgIpc) is 2.92. The molecule has 1 atom stereocenters. The van der Waals surface area contributed by atoms with Crippen LogP contribution >= 0.6 is 11.5 Å². The van der Waals surface area contributed by atoms with Crippen LogP contribution in [0, 0.1) is 0 Å². The number of nitrogens with one attached hydrogen (secondary N) is 1. The Hall–Kier alpha value is -1.51. The summed E-state index contributed by atoms with van der Waals surface area (Å²) in [5, 5.41) is 4.01. The second kappa shape index (κ2) is 7.17. The molecule has 0 spiro atoms. The summed E-state index contributed by atoms with van der Waals surface area (Å²) in [6.07, 6.45) is 1.89. The third kappa shape index (κ3) is 4.49. The van der Waals surface area contributed by atoms with Crippen molar-refractivity contribution in [1.29, 1.82) is 0 Å². The molecule has 0 fully saturated rings. The quantitative estimate of drug-likeness (QED) is 0.832. The van der Waals surface area contributed by atoms with Crippen LogP contribution in [0.1, 0.15) is 24.4 Å². The van der Waals surface area contributed by atoms with Crippen LogP contribution in [0.4, 0.5) is 5.13 Å². The molecule has 1 N–H and O–H groups in total. The Labute approximate surface area is 134 Å². The number of aromatic nitrogens is 2. The highest BCUT2D eigenvalue weighted by Gasteiger charge is 2.11. The molecule has 1 aromatic heterocycles. The first-order valence-electron chi connectivity index (χ1n) is 6.78. The number of hydrogen-bond donors (Lipinski definition) is 1. The van der Waals surface area contributed by atoms with E-state index >= 15 is 0 Å². The predicted molar refractivity (Wildman–Crippen MR) is 87.1 cm³/mol. The molecule has 1 heterocycles. The Bertz CT molecular complexity index is 711. The molecule has 0 aliphatic rings. The summed E-state index contributed by atoms with van der Waals surface area (Å²) in [5.74, 6) is 0.758. The summed E-state index contributed by atoms with van der Waals surface area (Å²) in [6.45, 7) is 2.59. The lowest BCUT2D eigenvalue weighted by molar-refractivity contribution is 0.201. The van der Waals surface area contributed by atoms with Gasteiger partial charge >= 0.3 is 0 Å². The van der Waals surface area contributed by atoms with Gasteiger partial charge in [0.2, 0.25) is 5.13 Å². The molecule has 0 amide bonds. The number of benzene rings is 1. The maximum absolute atomic E-state index is 11.5. The summed E-state index contributed by atoms with van der Waals surface area (Å²) < 4.78 is 32.2. The third-order valence-electron chi connectivity index (χ3n) is 3.15. The van der Waals surface area contributed by atoms with E-state index in [4.69, 9.17) is 4.74 Å². The fraction of sp³-hybridized carbons (Fsp3) is 0.429. The number of rotatable bonds is 7. The van der Waals surface area contributed by atoms with Crippen molar-refractivity contribution in [2.45, 2.75) is 24.3 Å². The van der Waals surface area contributed by atoms with Gasteiger partial charge in [0.1, 0.15) is 5.82 Å². The van der Waals surface area contributed by atoms with Crippen LogP contribution < -0.4 is 5.32 Å². The van der Waals surface area contributed by atoms with E-state index in [1.54, 1.807) is 31.4 Å². The van der Waals surface area contributed by atoms with Gasteiger partial charge in [0.15, 0.2) is 9.84 Å². The molecule has 120 valence electrons. The normalized spacial score (nSPS) is 13.0. The van der Waals surface area contributed by atoms with Crippen LogP contribution in [-0.2, 0) is 21.0 Å². The van der Waals surface area contributed by atoms with Gasteiger partial charge in [0.05, 0.1) is 17.5 Å². The molecule has 8 heteroatoms. The summed E-state index contributed by atoms with van der Waals surface area (Å²) in [4.78, 5) is 4.71. The second-order valence-corrected chi connectivity index (χ2v) is 7.73. The van der Waals surface area contributed by atoms with Crippen LogP contribution in [0.25, 0.3) is 0 Å². The van der Waals surface area contributed by atoms with Crippen LogP contribution in [0.15, 0.2) is 29.2 Å². The van der Waals surface area contributed by atoms with E-state index in [1.165, 1.54) is 17.8 Å². The molecule has 2 aromatic rings. The van der Waals surface area contributed by atoms with Gasteiger partial charge in [-0.05, 0) is 24.6 Å². The maximum atomic E-state index is 11.5. The van der Waals surface area contributed by atoms with Gasteiger partial charge in [-0.15, -0.1) is 0 Å². The minimum absolute atomic E-state index is 0.0110. The Kier molecular flexibility index (Phi) is 5.49. The van der Waals surface area contributed by atoms with Crippen molar-refractivity contribution in [2.75, 3.05) is 25.3 Å². The number of methoxy groups -OCH3 is 1. The van der Waals surface area contributed by atoms with Crippen LogP contribution in [0.3, 0.4) is 0 Å². The predicted octanol–water partition coefficient (Wildman–Crippen LogP) is 2.30. The highest BCUT2D eigenvalue weighted by atomic mass is 32.2. The van der Waals surface area contributed by atoms with Gasteiger partial charge in [-0.3, -0.25) is 0 Å². The van der Waals surface area contributed by atoms with E-state index in [-0.39, 0.29) is 6.04 Å². The van der Waals surface area contributed by atoms with Gasteiger partial charge in [0.25, 0.3) is 0 Å². The molecule has 0 saturated carbocycles. The Morgan fingerprint density at radius 1 is 1.32 bits per heavy atom. The first-order valence-corrected chi connectivity index (χ1v) is 9.44. The van der Waals surface area contributed by atoms with Gasteiger partial charge < -0.3 is 10.1 Å². The van der Waals surface area contributed by atoms with Crippen molar-refractivity contribution in [1.82, 2.24) is 9.36 Å². The highest BCUT2D eigenvalue weighted by Crippen LogP contribution is 2.22. The molecule has 6 nitrogen and oxygen atoms in total. The van der Waals surface area contributed by atoms with Crippen molar-refractivity contribution in [3.8, 4) is 0 Å². The smallest absolute Gasteiger partial charge is 0.203 e. The zero-order valence-electron chi connectivity index (χ0n) is 12.7. The monoisotopic (exact) mass is 341 g/mol. The first-order chi connectivity index (χ1) is 10.4. The molecule has 1 aromatic carbocycles. The molecular weight excluding hydrogens is 322 g/mol. The van der Waals surface area contributed by atoms with Crippen molar-refractivity contribution in [3.63, 3.8) is 0 Å². The summed E-state index contributed by atoms with van der Waals surface area (Å²) >= 11 is 1.31. The largest absolute Gasteiger partial charge is 0.384 e. The zero-order chi connectivity index (χ0) is 16.2. The Balaban J connectivity index is 2.02. The lowest BCUT2D eigenvalue weighted by atomic mass is 10.1. The van der Waals surface area contributed by atoms with Crippen LogP contribution in [0.2, 0.25) is 0 Å². The molecule has 1 unspecified atom stereocenters. The fourth-order valence-corrected chi connectivity index (χ4v) is 3.21. The summed E-state index contributed by atoms with van der Waals surface area (Å²) in [6, 6.07) is 6.86. The van der Waals surface area contributed by atoms with E-state index in [1.807, 2.05) is 6.92 Å². The van der Waals surface area contributed by atoms with E-state index in [2.05, 4.69) is 14.7 Å². The fourth-order valence-electron chi connectivity index (χ4n) is 1.88. The standard InChI is InChI=1S/C14H19N3O3S2/c1-10(11-4-6-12(7-5-11)22(3,18)19)15-14-16-13(17-21-14)8-9-20-2/h4-7,10H,8-9H2,1-3H3,(H,15,16,17). The maximum Gasteiger partial charge on any atom is 0.203 e. The van der Waals surface area contributed by atoms with E-state index in [9.17, 15) is 8.42 Å². The summed E-state index contributed by atoms with van der Waals surface area (Å²) in [5.41, 5.74) is 0.987. The molecule has 2 rings (SSSR count). The van der Waals surface area contributed by atoms with E-state index in [0.717, 1.165) is 16.5 Å². The number of anilines is 1. The van der Waals surface area contributed by atoms with Crippen molar-refractivity contribution >= 4 is 26.5 Å². The molecule has 0 bridgehead atoms. The van der Waals surface area contributed by atoms with E-state index < -0.39 is 9.84 Å². The van der Waals surface area contributed by atoms with Gasteiger partial charge in [-0.25, -0.2) is 13.4 Å². The number of nitrogens with zero attached hydrogens (tertiary/aromatic N) is 2. The minimum Gasteiger partial charge on any atom is -0.384 e. The zero-order valence-corrected chi connectivity index (χ0v) is 14.4. The Morgan fingerprint density at radius 3 is 2.59 bits per heavy atom. The lowest BCUT2D eigenvalue weighted by Crippen LogP contribution is -2.07. The molecule has 0 saturated heterocycles. The number of ether oxygens (including phenoxy) is 1. The molecule has 0 aliphatic heterocycles. The SMILES string of the molecule is COCCc1nsc(NC(C)c2ccc(S(C)(=O)=O)cc2)n1. The average molecular weight is 341 g/mol. The topological polar surface area (TPSA) is 81.2 Å². The first kappa shape index (κ1) is 16.9. The molecule has 0 aliphatic carbocycles. The van der Waals surface area contributed by atoms with Crippen molar-refractivity contribution in [2.24, 2.45) is 0 Å². The van der Waals surface area contributed by atoms with Gasteiger partial charge in [-0.2, -0.15) is 4.37 Å². The van der Waals surface area contributed by atoms with Gasteiger partial charge in [-0.1, -0.05) is 12.1 Å². The molecule has 22 heavy (non-hydrogen) atoms. The third-order valence-corrected chi connectivity index (χ3v) is 4.96. The molecular formula is C14H19N3O3S2. The minimum atomic E-state index is -3.16. The van der Waals surface area contributed by atoms with Crippen molar-refractivity contribution in [3.05, 3.63) is 35.7 Å².